The summed E-state index contributed by atoms with van der Waals surface area (Å²) in [5.41, 5.74) is 0.199. The number of amides is 1. The number of ether oxygens (including phenoxy) is 1. The first-order valence-corrected chi connectivity index (χ1v) is 10.3. The van der Waals surface area contributed by atoms with Gasteiger partial charge in [0.05, 0.1) is 17.7 Å². The molecule has 0 spiro atoms. The van der Waals surface area contributed by atoms with E-state index in [9.17, 15) is 26.4 Å². The van der Waals surface area contributed by atoms with Crippen LogP contribution < -0.4 is 14.8 Å². The molecule has 162 valence electrons. The van der Waals surface area contributed by atoms with Gasteiger partial charge in [0, 0.05) is 11.3 Å². The SMILES string of the molecule is COc1ccccc1NS(=O)(=O)c1cc(NC(=O)c2cc(F)c(F)c(F)c2)ccc1C. The first kappa shape index (κ1) is 22.2. The van der Waals surface area contributed by atoms with Crippen molar-refractivity contribution in [2.45, 2.75) is 11.8 Å². The van der Waals surface area contributed by atoms with Crippen LogP contribution in [0, 0.1) is 24.4 Å². The topological polar surface area (TPSA) is 84.5 Å². The molecular formula is C21H17F3N2O4S. The normalized spacial score (nSPS) is 11.1. The number of carbonyl (C=O) groups is 1. The fraction of sp³-hybridized carbons (Fsp3) is 0.0952. The predicted molar refractivity (Wildman–Crippen MR) is 109 cm³/mol. The number of aryl methyl sites for hydroxylation is 1. The van der Waals surface area contributed by atoms with E-state index in [1.807, 2.05) is 0 Å². The zero-order valence-corrected chi connectivity index (χ0v) is 17.2. The third-order valence-electron chi connectivity index (χ3n) is 4.33. The Labute approximate surface area is 176 Å². The number of anilines is 2. The molecule has 0 aromatic heterocycles. The molecule has 0 radical (unpaired) electrons. The van der Waals surface area contributed by atoms with Crippen LogP contribution in [0.15, 0.2) is 59.5 Å². The minimum absolute atomic E-state index is 0.0566. The summed E-state index contributed by atoms with van der Waals surface area (Å²) >= 11 is 0. The Morgan fingerprint density at radius 2 is 1.61 bits per heavy atom. The third-order valence-corrected chi connectivity index (χ3v) is 5.84. The van der Waals surface area contributed by atoms with E-state index in [1.54, 1.807) is 25.1 Å². The van der Waals surface area contributed by atoms with E-state index in [1.165, 1.54) is 31.4 Å². The molecule has 31 heavy (non-hydrogen) atoms. The maximum Gasteiger partial charge on any atom is 0.262 e. The molecule has 2 N–H and O–H groups in total. The largest absolute Gasteiger partial charge is 0.495 e. The lowest BCUT2D eigenvalue weighted by Crippen LogP contribution is -2.17. The van der Waals surface area contributed by atoms with Gasteiger partial charge in [-0.2, -0.15) is 0 Å². The van der Waals surface area contributed by atoms with Crippen molar-refractivity contribution in [2.75, 3.05) is 17.1 Å². The quantitative estimate of drug-likeness (QED) is 0.543. The average Bonchev–Trinajstić information content (AvgIpc) is 2.73. The minimum Gasteiger partial charge on any atom is -0.495 e. The van der Waals surface area contributed by atoms with Crippen molar-refractivity contribution in [1.82, 2.24) is 0 Å². The molecule has 0 aliphatic heterocycles. The second-order valence-corrected chi connectivity index (χ2v) is 8.14. The van der Waals surface area contributed by atoms with Crippen LogP contribution in [0.1, 0.15) is 15.9 Å². The van der Waals surface area contributed by atoms with E-state index < -0.39 is 38.9 Å². The minimum atomic E-state index is -4.07. The molecule has 1 amide bonds. The number of benzene rings is 3. The van der Waals surface area contributed by atoms with Gasteiger partial charge in [-0.1, -0.05) is 18.2 Å². The van der Waals surface area contributed by atoms with Gasteiger partial charge in [-0.25, -0.2) is 21.6 Å². The summed E-state index contributed by atoms with van der Waals surface area (Å²) in [5, 5.41) is 2.35. The van der Waals surface area contributed by atoms with Crippen molar-refractivity contribution in [3.05, 3.63) is 83.2 Å². The number of sulfonamides is 1. The van der Waals surface area contributed by atoms with E-state index in [0.29, 0.717) is 23.4 Å². The molecule has 0 heterocycles. The lowest BCUT2D eigenvalue weighted by molar-refractivity contribution is 0.102. The van der Waals surface area contributed by atoms with E-state index in [0.717, 1.165) is 0 Å². The van der Waals surface area contributed by atoms with Gasteiger partial charge in [0.15, 0.2) is 17.5 Å². The molecule has 6 nitrogen and oxygen atoms in total. The first-order valence-electron chi connectivity index (χ1n) is 8.85. The van der Waals surface area contributed by atoms with Crippen LogP contribution in [0.25, 0.3) is 0 Å². The van der Waals surface area contributed by atoms with Gasteiger partial charge < -0.3 is 10.1 Å². The van der Waals surface area contributed by atoms with Crippen molar-refractivity contribution in [3.63, 3.8) is 0 Å². The summed E-state index contributed by atoms with van der Waals surface area (Å²) in [6.07, 6.45) is 0. The molecule has 3 aromatic rings. The van der Waals surface area contributed by atoms with E-state index >= 15 is 0 Å². The highest BCUT2D eigenvalue weighted by Gasteiger charge is 2.21. The summed E-state index contributed by atoms with van der Waals surface area (Å²) in [5.74, 6) is -5.35. The first-order chi connectivity index (χ1) is 14.6. The number of rotatable bonds is 6. The summed E-state index contributed by atoms with van der Waals surface area (Å²) in [7, 11) is -2.67. The lowest BCUT2D eigenvalue weighted by atomic mass is 10.1. The fourth-order valence-electron chi connectivity index (χ4n) is 2.79. The number of halogens is 3. The van der Waals surface area contributed by atoms with Gasteiger partial charge in [0.2, 0.25) is 0 Å². The van der Waals surface area contributed by atoms with Gasteiger partial charge in [-0.05, 0) is 48.9 Å². The molecule has 0 aliphatic carbocycles. The standard InChI is InChI=1S/C21H17F3N2O4S/c1-12-7-8-14(25-21(27)13-9-15(22)20(24)16(23)10-13)11-19(12)31(28,29)26-17-5-3-4-6-18(17)30-2/h3-11,26H,1-2H3,(H,25,27). The van der Waals surface area contributed by atoms with Crippen molar-refractivity contribution in [1.29, 1.82) is 0 Å². The van der Waals surface area contributed by atoms with Crippen molar-refractivity contribution < 1.29 is 31.1 Å². The van der Waals surface area contributed by atoms with E-state index in [-0.39, 0.29) is 16.3 Å². The molecule has 0 saturated heterocycles. The molecule has 3 aromatic carbocycles. The third kappa shape index (κ3) is 4.80. The number of methoxy groups -OCH3 is 1. The van der Waals surface area contributed by atoms with Crippen LogP contribution in [0.4, 0.5) is 24.5 Å². The Kier molecular flexibility index (Phi) is 6.21. The zero-order chi connectivity index (χ0) is 22.8. The Morgan fingerprint density at radius 1 is 0.968 bits per heavy atom. The Balaban J connectivity index is 1.90. The highest BCUT2D eigenvalue weighted by atomic mass is 32.2. The van der Waals surface area contributed by atoms with Crippen molar-refractivity contribution in [2.24, 2.45) is 0 Å². The Bertz CT molecular complexity index is 1240. The van der Waals surface area contributed by atoms with E-state index in [2.05, 4.69) is 10.0 Å². The van der Waals surface area contributed by atoms with Crippen LogP contribution in [0.3, 0.4) is 0 Å². The fourth-order valence-corrected chi connectivity index (χ4v) is 4.13. The maximum atomic E-state index is 13.4. The zero-order valence-electron chi connectivity index (χ0n) is 16.4. The van der Waals surface area contributed by atoms with Crippen molar-refractivity contribution >= 4 is 27.3 Å². The Morgan fingerprint density at radius 3 is 2.26 bits per heavy atom. The molecule has 0 aliphatic rings. The maximum absolute atomic E-state index is 13.4. The van der Waals surface area contributed by atoms with Crippen LogP contribution in [-0.2, 0) is 10.0 Å². The average molecular weight is 450 g/mol. The number of carbonyl (C=O) groups excluding carboxylic acids is 1. The monoisotopic (exact) mass is 450 g/mol. The molecule has 0 bridgehead atoms. The summed E-state index contributed by atoms with van der Waals surface area (Å²) < 4.78 is 73.2. The molecule has 0 atom stereocenters. The van der Waals surface area contributed by atoms with Gasteiger partial charge >= 0.3 is 0 Å². The molecule has 0 saturated carbocycles. The highest BCUT2D eigenvalue weighted by Crippen LogP contribution is 2.28. The number of hydrogen-bond acceptors (Lipinski definition) is 4. The summed E-state index contributed by atoms with van der Waals surface area (Å²) in [4.78, 5) is 12.2. The molecule has 0 unspecified atom stereocenters. The van der Waals surface area contributed by atoms with Gasteiger partial charge in [-0.15, -0.1) is 0 Å². The Hall–Kier alpha value is -3.53. The summed E-state index contributed by atoms with van der Waals surface area (Å²) in [6.45, 7) is 1.56. The van der Waals surface area contributed by atoms with Crippen LogP contribution in [0.5, 0.6) is 5.75 Å². The smallest absolute Gasteiger partial charge is 0.262 e. The summed E-state index contributed by atoms with van der Waals surface area (Å²) in [6, 6.07) is 11.6. The van der Waals surface area contributed by atoms with Gasteiger partial charge in [0.1, 0.15) is 5.75 Å². The second-order valence-electron chi connectivity index (χ2n) is 6.49. The van der Waals surface area contributed by atoms with E-state index in [4.69, 9.17) is 4.74 Å². The second kappa shape index (κ2) is 8.68. The van der Waals surface area contributed by atoms with Crippen molar-refractivity contribution in [3.8, 4) is 5.75 Å². The molecule has 10 heteroatoms. The predicted octanol–water partition coefficient (Wildman–Crippen LogP) is 4.47. The molecule has 3 rings (SSSR count). The van der Waals surface area contributed by atoms with Crippen LogP contribution >= 0.6 is 0 Å². The van der Waals surface area contributed by atoms with Crippen LogP contribution in [0.2, 0.25) is 0 Å². The van der Waals surface area contributed by atoms with Crippen LogP contribution in [-0.4, -0.2) is 21.4 Å². The molecule has 0 fully saturated rings. The molecular weight excluding hydrogens is 433 g/mol. The van der Waals surface area contributed by atoms with Gasteiger partial charge in [0.25, 0.3) is 15.9 Å². The lowest BCUT2D eigenvalue weighted by Gasteiger charge is -2.14. The highest BCUT2D eigenvalue weighted by molar-refractivity contribution is 7.92. The van der Waals surface area contributed by atoms with Gasteiger partial charge in [-0.3, -0.25) is 9.52 Å². The number of nitrogens with one attached hydrogen (secondary N) is 2. The number of para-hydroxylation sites is 2. The number of hydrogen-bond donors (Lipinski definition) is 2.